The summed E-state index contributed by atoms with van der Waals surface area (Å²) in [6, 6.07) is 20.4. The number of fused-ring (bicyclic) bond motifs is 1. The second-order valence-corrected chi connectivity index (χ2v) is 15.6. The summed E-state index contributed by atoms with van der Waals surface area (Å²) in [5.74, 6) is 2.59. The molecule has 3 N–H and O–H groups in total. The predicted molar refractivity (Wildman–Crippen MR) is 209 cm³/mol. The zero-order valence-electron chi connectivity index (χ0n) is 31.2. The Morgan fingerprint density at radius 3 is 2.35 bits per heavy atom. The van der Waals surface area contributed by atoms with Gasteiger partial charge in [-0.1, -0.05) is 48.0 Å². The number of methoxy groups -OCH3 is 3. The number of likely N-dealkylation sites (tertiary alicyclic amines) is 1. The number of ether oxygens (including phenoxy) is 3. The van der Waals surface area contributed by atoms with Crippen LogP contribution in [-0.4, -0.2) is 83.8 Å². The van der Waals surface area contributed by atoms with E-state index < -0.39 is 0 Å². The van der Waals surface area contributed by atoms with E-state index in [1.807, 2.05) is 72.4 Å². The van der Waals surface area contributed by atoms with Crippen LogP contribution in [0.25, 0.3) is 39.0 Å². The van der Waals surface area contributed by atoms with Gasteiger partial charge in [0.1, 0.15) is 11.5 Å². The Hall–Kier alpha value is -4.68. The molecular formula is C42H47ClN6O5. The summed E-state index contributed by atoms with van der Waals surface area (Å²) in [5, 5.41) is 22.6. The quantitative estimate of drug-likeness (QED) is 0.118. The minimum atomic E-state index is -0.385. The average molecular weight is 751 g/mol. The molecule has 0 spiro atoms. The lowest BCUT2D eigenvalue weighted by atomic mass is 9.80. The zero-order chi connectivity index (χ0) is 37.6. The molecule has 0 bridgehead atoms. The van der Waals surface area contributed by atoms with Gasteiger partial charge in [-0.3, -0.25) is 9.69 Å². The van der Waals surface area contributed by atoms with Crippen LogP contribution in [0.5, 0.6) is 17.4 Å². The number of rotatable bonds is 14. The minimum Gasteiger partial charge on any atom is -0.496 e. The highest BCUT2D eigenvalue weighted by molar-refractivity contribution is 6.36. The summed E-state index contributed by atoms with van der Waals surface area (Å²) in [5.41, 5.74) is 6.54. The summed E-state index contributed by atoms with van der Waals surface area (Å²) >= 11 is 7.20. The molecule has 3 aromatic carbocycles. The fourth-order valence-corrected chi connectivity index (χ4v) is 8.22. The van der Waals surface area contributed by atoms with Gasteiger partial charge in [-0.15, -0.1) is 0 Å². The van der Waals surface area contributed by atoms with Gasteiger partial charge in [0.2, 0.25) is 11.8 Å². The van der Waals surface area contributed by atoms with Crippen LogP contribution < -0.4 is 24.8 Å². The molecule has 3 heterocycles. The molecular weight excluding hydrogens is 704 g/mol. The molecule has 0 unspecified atom stereocenters. The second kappa shape index (κ2) is 14.9. The first-order valence-corrected chi connectivity index (χ1v) is 19.0. The molecule has 2 saturated carbocycles. The van der Waals surface area contributed by atoms with E-state index >= 15 is 0 Å². The Kier molecular flexibility index (Phi) is 9.99. The number of carbonyl (C=O) groups excluding carboxylic acids is 1. The largest absolute Gasteiger partial charge is 0.496 e. The lowest BCUT2D eigenvalue weighted by molar-refractivity contribution is -0.140. The van der Waals surface area contributed by atoms with Gasteiger partial charge in [0.05, 0.1) is 66.5 Å². The number of halogens is 1. The molecule has 8 rings (SSSR count). The Bertz CT molecular complexity index is 2160. The Balaban J connectivity index is 1.04. The minimum absolute atomic E-state index is 0.144. The van der Waals surface area contributed by atoms with E-state index in [4.69, 9.17) is 35.9 Å². The van der Waals surface area contributed by atoms with Crippen molar-refractivity contribution in [2.75, 3.05) is 41.0 Å². The number of nitrogens with zero attached hydrogens (tertiary/aromatic N) is 4. The standard InChI is InChI=1S/C42H47ClN6O5/c1-42(41(51)46-27-12-13-27)23-48(24-42)22-34-37(52-2)17-28(18-38(34)53-3)49-36-10-6-7-30(33(36)21-45-49)31-8-5-9-32(39(31)43)35-14-11-26(40(47-35)54-4)20-44-19-25-15-29(50)16-25/h5-11,14,17-18,21,25,27,29,44,50H,12-13,15-16,19-20,22-24H2,1-4H3,(H,46,51). The molecule has 11 nitrogen and oxygen atoms in total. The lowest BCUT2D eigenvalue weighted by Crippen LogP contribution is -2.61. The molecule has 0 radical (unpaired) electrons. The number of benzene rings is 3. The molecule has 0 atom stereocenters. The summed E-state index contributed by atoms with van der Waals surface area (Å²) < 4.78 is 19.4. The molecule has 3 fully saturated rings. The fraction of sp³-hybridized carbons (Fsp3) is 0.405. The number of hydrogen-bond donors (Lipinski definition) is 3. The number of amides is 1. The highest BCUT2D eigenvalue weighted by atomic mass is 35.5. The van der Waals surface area contributed by atoms with E-state index in [2.05, 4.69) is 21.6 Å². The number of nitrogens with one attached hydrogen (secondary N) is 2. The second-order valence-electron chi connectivity index (χ2n) is 15.2. The Morgan fingerprint density at radius 2 is 1.67 bits per heavy atom. The van der Waals surface area contributed by atoms with Crippen molar-refractivity contribution in [2.24, 2.45) is 11.3 Å². The first-order chi connectivity index (χ1) is 26.2. The van der Waals surface area contributed by atoms with E-state index in [9.17, 15) is 9.90 Å². The maximum absolute atomic E-state index is 12.8. The van der Waals surface area contributed by atoms with Crippen LogP contribution in [0, 0.1) is 11.3 Å². The van der Waals surface area contributed by atoms with Gasteiger partial charge in [-0.05, 0) is 62.8 Å². The van der Waals surface area contributed by atoms with Crippen molar-refractivity contribution >= 4 is 28.4 Å². The van der Waals surface area contributed by atoms with Crippen molar-refractivity contribution in [3.8, 4) is 45.5 Å². The van der Waals surface area contributed by atoms with Crippen molar-refractivity contribution < 1.29 is 24.1 Å². The highest BCUT2D eigenvalue weighted by Crippen LogP contribution is 2.42. The molecule has 54 heavy (non-hydrogen) atoms. The molecule has 2 aromatic heterocycles. The molecule has 1 saturated heterocycles. The van der Waals surface area contributed by atoms with Gasteiger partial charge in [-0.25, -0.2) is 9.67 Å². The average Bonchev–Trinajstić information content (AvgIpc) is 3.87. The number of pyridine rings is 1. The zero-order valence-corrected chi connectivity index (χ0v) is 31.9. The summed E-state index contributed by atoms with van der Waals surface area (Å²) in [7, 11) is 4.96. The van der Waals surface area contributed by atoms with E-state index in [1.165, 1.54) is 0 Å². The first kappa shape index (κ1) is 36.3. The number of aliphatic hydroxyl groups excluding tert-OH is 1. The van der Waals surface area contributed by atoms with E-state index in [-0.39, 0.29) is 17.4 Å². The van der Waals surface area contributed by atoms with E-state index in [0.29, 0.717) is 60.5 Å². The van der Waals surface area contributed by atoms with Gasteiger partial charge >= 0.3 is 0 Å². The van der Waals surface area contributed by atoms with Crippen molar-refractivity contribution in [1.82, 2.24) is 30.3 Å². The van der Waals surface area contributed by atoms with Crippen molar-refractivity contribution in [3.63, 3.8) is 0 Å². The SMILES string of the molecule is COc1cc(-n2ncc3c(-c4cccc(-c5ccc(CNCC6CC(O)C6)c(OC)n5)c4Cl)cccc32)cc(OC)c1CN1CC(C)(C(=O)NC2CC2)C1. The predicted octanol–water partition coefficient (Wildman–Crippen LogP) is 6.39. The lowest BCUT2D eigenvalue weighted by Gasteiger charge is -2.47. The van der Waals surface area contributed by atoms with Crippen LogP contribution in [0.2, 0.25) is 5.02 Å². The smallest absolute Gasteiger partial charge is 0.228 e. The summed E-state index contributed by atoms with van der Waals surface area (Å²) in [4.78, 5) is 19.9. The fourth-order valence-electron chi connectivity index (χ4n) is 7.89. The van der Waals surface area contributed by atoms with Crippen LogP contribution in [-0.2, 0) is 17.9 Å². The molecule has 1 amide bonds. The summed E-state index contributed by atoms with van der Waals surface area (Å²) in [6.45, 7) is 5.47. The summed E-state index contributed by atoms with van der Waals surface area (Å²) in [6.07, 6.45) is 5.57. The Labute approximate surface area is 320 Å². The van der Waals surface area contributed by atoms with Crippen molar-refractivity contribution in [1.29, 1.82) is 0 Å². The number of aromatic nitrogens is 3. The van der Waals surface area contributed by atoms with E-state index in [0.717, 1.165) is 82.3 Å². The van der Waals surface area contributed by atoms with E-state index in [1.54, 1.807) is 21.3 Å². The molecule has 282 valence electrons. The van der Waals surface area contributed by atoms with Crippen LogP contribution >= 0.6 is 11.6 Å². The van der Waals surface area contributed by atoms with Gasteiger partial charge in [-0.2, -0.15) is 5.10 Å². The normalized spacial score (nSPS) is 19.2. The van der Waals surface area contributed by atoms with Gasteiger partial charge in [0.15, 0.2) is 0 Å². The third-order valence-electron chi connectivity index (χ3n) is 11.1. The first-order valence-electron chi connectivity index (χ1n) is 18.6. The number of hydrogen-bond acceptors (Lipinski definition) is 9. The molecule has 2 aliphatic carbocycles. The van der Waals surface area contributed by atoms with Crippen LogP contribution in [0.1, 0.15) is 43.7 Å². The van der Waals surface area contributed by atoms with Gasteiger partial charge in [0, 0.05) is 66.4 Å². The molecule has 5 aromatic rings. The number of aliphatic hydroxyl groups is 1. The van der Waals surface area contributed by atoms with Crippen molar-refractivity contribution in [2.45, 2.75) is 57.8 Å². The molecule has 1 aliphatic heterocycles. The monoisotopic (exact) mass is 750 g/mol. The Morgan fingerprint density at radius 1 is 0.963 bits per heavy atom. The van der Waals surface area contributed by atoms with Crippen LogP contribution in [0.15, 0.2) is 66.9 Å². The molecule has 3 aliphatic rings. The topological polar surface area (TPSA) is 123 Å². The third-order valence-corrected chi connectivity index (χ3v) is 11.5. The van der Waals surface area contributed by atoms with Gasteiger partial charge < -0.3 is 30.0 Å². The number of carbonyl (C=O) groups is 1. The van der Waals surface area contributed by atoms with Crippen LogP contribution in [0.3, 0.4) is 0 Å². The maximum Gasteiger partial charge on any atom is 0.228 e. The third kappa shape index (κ3) is 7.01. The highest BCUT2D eigenvalue weighted by Gasteiger charge is 2.46. The molecule has 12 heteroatoms. The van der Waals surface area contributed by atoms with Crippen LogP contribution in [0.4, 0.5) is 0 Å². The van der Waals surface area contributed by atoms with Crippen molar-refractivity contribution in [3.05, 3.63) is 83.0 Å². The maximum atomic E-state index is 12.8. The van der Waals surface area contributed by atoms with Gasteiger partial charge in [0.25, 0.3) is 0 Å².